The number of sulfone groups is 1. The normalized spacial score (nSPS) is 19.4. The van der Waals surface area contributed by atoms with Crippen molar-refractivity contribution in [2.75, 3.05) is 23.9 Å². The lowest BCUT2D eigenvalue weighted by molar-refractivity contribution is -0.130. The number of aryl methyl sites for hydroxylation is 1. The van der Waals surface area contributed by atoms with Crippen LogP contribution >= 0.6 is 23.1 Å². The van der Waals surface area contributed by atoms with E-state index in [4.69, 9.17) is 0 Å². The number of hydrogen-bond donors (Lipinski definition) is 1. The van der Waals surface area contributed by atoms with E-state index in [2.05, 4.69) is 28.5 Å². The van der Waals surface area contributed by atoms with Gasteiger partial charge in [0.25, 0.3) is 0 Å². The van der Waals surface area contributed by atoms with Crippen LogP contribution < -0.4 is 5.32 Å². The van der Waals surface area contributed by atoms with Crippen LogP contribution in [0.3, 0.4) is 0 Å². The number of nitrogens with zero attached hydrogens (tertiary/aromatic N) is 3. The summed E-state index contributed by atoms with van der Waals surface area (Å²) in [5.41, 5.74) is 3.34. The molecule has 0 bridgehead atoms. The first-order valence-corrected chi connectivity index (χ1v) is 12.5. The molecule has 3 rings (SSSR count). The van der Waals surface area contributed by atoms with Gasteiger partial charge in [-0.15, -0.1) is 10.2 Å². The van der Waals surface area contributed by atoms with Gasteiger partial charge in [0.15, 0.2) is 14.2 Å². The molecule has 1 aliphatic heterocycles. The second-order valence-corrected chi connectivity index (χ2v) is 11.8. The lowest BCUT2D eigenvalue weighted by Crippen LogP contribution is -2.41. The molecule has 0 saturated carbocycles. The second kappa shape index (κ2) is 8.38. The number of anilines is 2. The number of thioether (sulfide) groups is 1. The standard InChI is InChI=1S/C18H24N4O3S3/c1-11-6-5-7-15(12(11)2)19-17-20-21-18(27-17)26-13(3)16(23)22(4)14-8-9-28(24,25)10-14/h5-7,13-14H,8-10H2,1-4H3,(H,19,20). The summed E-state index contributed by atoms with van der Waals surface area (Å²) in [6.07, 6.45) is 0.505. The maximum atomic E-state index is 12.7. The zero-order valence-electron chi connectivity index (χ0n) is 16.3. The van der Waals surface area contributed by atoms with E-state index in [9.17, 15) is 13.2 Å². The molecule has 2 unspecified atom stereocenters. The Morgan fingerprint density at radius 2 is 2.11 bits per heavy atom. The van der Waals surface area contributed by atoms with Crippen molar-refractivity contribution in [1.82, 2.24) is 15.1 Å². The molecule has 1 saturated heterocycles. The van der Waals surface area contributed by atoms with Gasteiger partial charge in [0.2, 0.25) is 11.0 Å². The topological polar surface area (TPSA) is 92.3 Å². The number of benzene rings is 1. The van der Waals surface area contributed by atoms with Crippen LogP contribution in [0.15, 0.2) is 22.5 Å². The Hall–Kier alpha value is -1.65. The fourth-order valence-electron chi connectivity index (χ4n) is 3.06. The molecule has 152 valence electrons. The first-order valence-electron chi connectivity index (χ1n) is 8.97. The van der Waals surface area contributed by atoms with E-state index in [-0.39, 0.29) is 28.7 Å². The van der Waals surface area contributed by atoms with Crippen molar-refractivity contribution in [3.63, 3.8) is 0 Å². The van der Waals surface area contributed by atoms with Crippen molar-refractivity contribution in [1.29, 1.82) is 0 Å². The number of carbonyl (C=O) groups excluding carboxylic acids is 1. The van der Waals surface area contributed by atoms with Crippen molar-refractivity contribution < 1.29 is 13.2 Å². The van der Waals surface area contributed by atoms with Crippen LogP contribution in [0.4, 0.5) is 10.8 Å². The molecule has 1 aromatic heterocycles. The van der Waals surface area contributed by atoms with Crippen molar-refractivity contribution in [3.05, 3.63) is 29.3 Å². The SMILES string of the molecule is Cc1cccc(Nc2nnc(SC(C)C(=O)N(C)C3CCS(=O)(=O)C3)s2)c1C. The van der Waals surface area contributed by atoms with E-state index in [0.717, 1.165) is 11.3 Å². The first-order chi connectivity index (χ1) is 13.2. The lowest BCUT2D eigenvalue weighted by Gasteiger charge is -2.25. The lowest BCUT2D eigenvalue weighted by atomic mass is 10.1. The summed E-state index contributed by atoms with van der Waals surface area (Å²) in [5, 5.41) is 11.9. The number of nitrogens with one attached hydrogen (secondary N) is 1. The van der Waals surface area contributed by atoms with Gasteiger partial charge in [0.1, 0.15) is 0 Å². The van der Waals surface area contributed by atoms with E-state index in [1.165, 1.54) is 28.7 Å². The fraction of sp³-hybridized carbons (Fsp3) is 0.500. The first kappa shape index (κ1) is 21.1. The van der Waals surface area contributed by atoms with Crippen LogP contribution in [0.2, 0.25) is 0 Å². The third kappa shape index (κ3) is 4.84. The van der Waals surface area contributed by atoms with Crippen LogP contribution in [0.5, 0.6) is 0 Å². The van der Waals surface area contributed by atoms with Crippen molar-refractivity contribution >= 4 is 49.7 Å². The minimum atomic E-state index is -3.02. The Bertz CT molecular complexity index is 974. The van der Waals surface area contributed by atoms with Crippen LogP contribution in [-0.2, 0) is 14.6 Å². The predicted octanol–water partition coefficient (Wildman–Crippen LogP) is 3.02. The van der Waals surface area contributed by atoms with Gasteiger partial charge in [-0.25, -0.2) is 8.42 Å². The number of rotatable bonds is 6. The maximum absolute atomic E-state index is 12.7. The Morgan fingerprint density at radius 3 is 2.79 bits per heavy atom. The van der Waals surface area contributed by atoms with Gasteiger partial charge in [-0.3, -0.25) is 4.79 Å². The molecule has 1 aromatic carbocycles. The molecule has 28 heavy (non-hydrogen) atoms. The highest BCUT2D eigenvalue weighted by Crippen LogP contribution is 2.32. The van der Waals surface area contributed by atoms with Gasteiger partial charge in [-0.2, -0.15) is 0 Å². The van der Waals surface area contributed by atoms with Gasteiger partial charge in [-0.1, -0.05) is 35.2 Å². The summed E-state index contributed by atoms with van der Waals surface area (Å²) in [5.74, 6) is 0.113. The molecule has 2 aromatic rings. The Kier molecular flexibility index (Phi) is 6.31. The molecule has 1 amide bonds. The molecule has 0 aliphatic carbocycles. The molecule has 10 heteroatoms. The number of carbonyl (C=O) groups is 1. The molecular weight excluding hydrogens is 416 g/mol. The summed E-state index contributed by atoms with van der Waals surface area (Å²) >= 11 is 2.74. The van der Waals surface area contributed by atoms with E-state index < -0.39 is 9.84 Å². The molecule has 0 spiro atoms. The monoisotopic (exact) mass is 440 g/mol. The Labute approximate surface area is 173 Å². The molecule has 1 aliphatic rings. The maximum Gasteiger partial charge on any atom is 0.235 e. The smallest absolute Gasteiger partial charge is 0.235 e. The summed E-state index contributed by atoms with van der Waals surface area (Å²) in [6, 6.07) is 5.80. The minimum Gasteiger partial charge on any atom is -0.341 e. The Morgan fingerprint density at radius 1 is 1.36 bits per heavy atom. The molecule has 1 N–H and O–H groups in total. The molecule has 7 nitrogen and oxygen atoms in total. The highest BCUT2D eigenvalue weighted by Gasteiger charge is 2.34. The van der Waals surface area contributed by atoms with Crippen molar-refractivity contribution in [2.45, 2.75) is 42.8 Å². The number of aromatic nitrogens is 2. The molecule has 2 atom stereocenters. The zero-order chi connectivity index (χ0) is 20.5. The second-order valence-electron chi connectivity index (χ2n) is 7.01. The molecule has 0 radical (unpaired) electrons. The van der Waals surface area contributed by atoms with Gasteiger partial charge in [0.05, 0.1) is 16.8 Å². The van der Waals surface area contributed by atoms with Crippen molar-refractivity contribution in [3.8, 4) is 0 Å². The molecule has 1 fully saturated rings. The summed E-state index contributed by atoms with van der Waals surface area (Å²) in [7, 11) is -1.34. The van der Waals surface area contributed by atoms with E-state index >= 15 is 0 Å². The summed E-state index contributed by atoms with van der Waals surface area (Å²) < 4.78 is 24.0. The number of hydrogen-bond acceptors (Lipinski definition) is 8. The average molecular weight is 441 g/mol. The number of amides is 1. The average Bonchev–Trinajstić information content (AvgIpc) is 3.23. The van der Waals surface area contributed by atoms with Crippen LogP contribution in [0, 0.1) is 13.8 Å². The van der Waals surface area contributed by atoms with E-state index in [1.807, 2.05) is 26.0 Å². The van der Waals surface area contributed by atoms with Crippen LogP contribution in [-0.4, -0.2) is 59.3 Å². The van der Waals surface area contributed by atoms with E-state index in [1.54, 1.807) is 11.9 Å². The largest absolute Gasteiger partial charge is 0.341 e. The van der Waals surface area contributed by atoms with Gasteiger partial charge >= 0.3 is 0 Å². The van der Waals surface area contributed by atoms with Crippen molar-refractivity contribution in [2.24, 2.45) is 0 Å². The fourth-order valence-corrected chi connectivity index (χ4v) is 6.84. The zero-order valence-corrected chi connectivity index (χ0v) is 18.7. The summed E-state index contributed by atoms with van der Waals surface area (Å²) in [4.78, 5) is 14.2. The van der Waals surface area contributed by atoms with Gasteiger partial charge < -0.3 is 10.2 Å². The molecular formula is C18H24N4O3S3. The Balaban J connectivity index is 1.61. The predicted molar refractivity (Wildman–Crippen MR) is 114 cm³/mol. The highest BCUT2D eigenvalue weighted by molar-refractivity contribution is 8.02. The van der Waals surface area contributed by atoms with Crippen LogP contribution in [0.25, 0.3) is 0 Å². The molecule has 2 heterocycles. The summed E-state index contributed by atoms with van der Waals surface area (Å²) in [6.45, 7) is 5.92. The minimum absolute atomic E-state index is 0.0509. The van der Waals surface area contributed by atoms with Crippen LogP contribution in [0.1, 0.15) is 24.5 Å². The van der Waals surface area contributed by atoms with Gasteiger partial charge in [0, 0.05) is 18.8 Å². The third-order valence-corrected chi connectivity index (χ3v) is 8.74. The van der Waals surface area contributed by atoms with Gasteiger partial charge in [-0.05, 0) is 44.4 Å². The van der Waals surface area contributed by atoms with E-state index in [0.29, 0.717) is 15.9 Å². The highest BCUT2D eigenvalue weighted by atomic mass is 32.2. The quantitative estimate of drug-likeness (QED) is 0.690. The third-order valence-electron chi connectivity index (χ3n) is 4.98.